The third kappa shape index (κ3) is 5.61. The summed E-state index contributed by atoms with van der Waals surface area (Å²) in [5, 5.41) is 13.2. The van der Waals surface area contributed by atoms with Gasteiger partial charge in [-0.05, 0) is 24.1 Å². The first kappa shape index (κ1) is 17.9. The van der Waals surface area contributed by atoms with Crippen molar-refractivity contribution in [2.45, 2.75) is 33.3 Å². The van der Waals surface area contributed by atoms with Gasteiger partial charge in [-0.15, -0.1) is 0 Å². The molecule has 2 N–H and O–H groups in total. The molecule has 1 fully saturated rings. The van der Waals surface area contributed by atoms with Crippen LogP contribution in [0.1, 0.15) is 38.9 Å². The lowest BCUT2D eigenvalue weighted by atomic mass is 9.95. The Bertz CT molecular complexity index is 502. The first-order valence-electron chi connectivity index (χ1n) is 8.26. The maximum Gasteiger partial charge on any atom is 0.229 e. The third-order valence-electron chi connectivity index (χ3n) is 4.06. The number of aliphatic hydroxyl groups is 1. The largest absolute Gasteiger partial charge is 0.388 e. The van der Waals surface area contributed by atoms with Gasteiger partial charge in [0.1, 0.15) is 0 Å². The lowest BCUT2D eigenvalue weighted by Crippen LogP contribution is -2.37. The summed E-state index contributed by atoms with van der Waals surface area (Å²) in [5.41, 5.74) is 1.22. The number of carbonyl (C=O) groups excluding carboxylic acids is 1. The van der Waals surface area contributed by atoms with E-state index >= 15 is 0 Å². The molecule has 1 atom stereocenters. The minimum atomic E-state index is -0.481. The highest BCUT2D eigenvalue weighted by Gasteiger charge is 2.21. The Morgan fingerprint density at radius 2 is 1.87 bits per heavy atom. The van der Waals surface area contributed by atoms with Crippen LogP contribution < -0.4 is 5.32 Å². The maximum atomic E-state index is 12.0. The normalized spacial score (nSPS) is 17.7. The number of carbonyl (C=O) groups is 1. The van der Waals surface area contributed by atoms with Gasteiger partial charge < -0.3 is 15.2 Å². The number of morpholine rings is 1. The van der Waals surface area contributed by atoms with E-state index in [-0.39, 0.29) is 5.91 Å². The van der Waals surface area contributed by atoms with E-state index in [1.54, 1.807) is 0 Å². The minimum absolute atomic E-state index is 0.0156. The van der Waals surface area contributed by atoms with Crippen LogP contribution >= 0.6 is 0 Å². The van der Waals surface area contributed by atoms with Crippen LogP contribution in [-0.4, -0.2) is 48.8 Å². The molecule has 1 aromatic rings. The van der Waals surface area contributed by atoms with Crippen LogP contribution in [0.4, 0.5) is 5.69 Å². The number of anilines is 1. The number of nitrogens with zero attached hydrogens (tertiary/aromatic N) is 1. The van der Waals surface area contributed by atoms with Gasteiger partial charge in [0.15, 0.2) is 0 Å². The van der Waals surface area contributed by atoms with Crippen LogP contribution in [0.3, 0.4) is 0 Å². The summed E-state index contributed by atoms with van der Waals surface area (Å²) in [7, 11) is 0. The predicted molar refractivity (Wildman–Crippen MR) is 91.4 cm³/mol. The van der Waals surface area contributed by atoms with Gasteiger partial charge in [-0.1, -0.05) is 32.9 Å². The Morgan fingerprint density at radius 1 is 1.26 bits per heavy atom. The van der Waals surface area contributed by atoms with Crippen molar-refractivity contribution in [3.05, 3.63) is 29.8 Å². The number of hydrogen-bond donors (Lipinski definition) is 2. The molecule has 1 amide bonds. The van der Waals surface area contributed by atoms with Crippen molar-refractivity contribution in [3.63, 3.8) is 0 Å². The molecule has 0 saturated carbocycles. The second-order valence-electron chi connectivity index (χ2n) is 7.08. The van der Waals surface area contributed by atoms with Crippen molar-refractivity contribution in [1.29, 1.82) is 0 Å². The zero-order chi connectivity index (χ0) is 16.9. The van der Waals surface area contributed by atoms with Crippen LogP contribution in [0.25, 0.3) is 0 Å². The average molecular weight is 320 g/mol. The van der Waals surface area contributed by atoms with E-state index in [9.17, 15) is 9.90 Å². The fraction of sp³-hybridized carbons (Fsp3) is 0.611. The number of amides is 1. The number of rotatable bonds is 5. The van der Waals surface area contributed by atoms with Crippen LogP contribution in [-0.2, 0) is 9.53 Å². The van der Waals surface area contributed by atoms with Gasteiger partial charge in [-0.2, -0.15) is 0 Å². The molecular formula is C18H28N2O3. The van der Waals surface area contributed by atoms with Gasteiger partial charge in [0.05, 0.1) is 19.3 Å². The molecule has 128 valence electrons. The molecule has 1 aromatic carbocycles. The Kier molecular flexibility index (Phi) is 6.16. The van der Waals surface area contributed by atoms with Crippen LogP contribution in [0.5, 0.6) is 0 Å². The molecule has 1 unspecified atom stereocenters. The quantitative estimate of drug-likeness (QED) is 0.875. The molecule has 1 saturated heterocycles. The fourth-order valence-electron chi connectivity index (χ4n) is 2.40. The van der Waals surface area contributed by atoms with Crippen LogP contribution in [0.2, 0.25) is 0 Å². The van der Waals surface area contributed by atoms with Crippen molar-refractivity contribution >= 4 is 11.6 Å². The molecule has 5 nitrogen and oxygen atoms in total. The number of nitrogens with one attached hydrogen (secondary N) is 1. The maximum absolute atomic E-state index is 12.0. The highest BCUT2D eigenvalue weighted by atomic mass is 16.5. The van der Waals surface area contributed by atoms with Gasteiger partial charge in [0, 0.05) is 30.7 Å². The lowest BCUT2D eigenvalue weighted by molar-refractivity contribution is -0.123. The van der Waals surface area contributed by atoms with Crippen molar-refractivity contribution < 1.29 is 14.6 Å². The Hall–Kier alpha value is -1.43. The zero-order valence-corrected chi connectivity index (χ0v) is 14.3. The summed E-state index contributed by atoms with van der Waals surface area (Å²) in [6.45, 7) is 9.93. The number of ether oxygens (including phenoxy) is 1. The van der Waals surface area contributed by atoms with E-state index in [1.165, 1.54) is 0 Å². The highest BCUT2D eigenvalue weighted by Crippen LogP contribution is 2.21. The molecule has 0 aliphatic carbocycles. The van der Waals surface area contributed by atoms with Gasteiger partial charge in [-0.25, -0.2) is 0 Å². The standard InChI is InChI=1S/C18H28N2O3/c1-18(2,3)17(22)19-15-6-4-14(5-7-15)16(21)8-9-20-10-12-23-13-11-20/h4-7,16,21H,8-13H2,1-3H3,(H,19,22). The van der Waals surface area contributed by atoms with E-state index in [2.05, 4.69) is 10.2 Å². The summed E-state index contributed by atoms with van der Waals surface area (Å²) in [6, 6.07) is 7.44. The van der Waals surface area contributed by atoms with E-state index in [4.69, 9.17) is 4.74 Å². The van der Waals surface area contributed by atoms with Crippen LogP contribution in [0.15, 0.2) is 24.3 Å². The second kappa shape index (κ2) is 7.90. The first-order chi connectivity index (χ1) is 10.9. The molecule has 0 bridgehead atoms. The third-order valence-corrected chi connectivity index (χ3v) is 4.06. The minimum Gasteiger partial charge on any atom is -0.388 e. The highest BCUT2D eigenvalue weighted by molar-refractivity contribution is 5.94. The van der Waals surface area contributed by atoms with Gasteiger partial charge >= 0.3 is 0 Å². The fourth-order valence-corrected chi connectivity index (χ4v) is 2.40. The second-order valence-corrected chi connectivity index (χ2v) is 7.08. The average Bonchev–Trinajstić information content (AvgIpc) is 2.53. The van der Waals surface area contributed by atoms with Crippen LogP contribution in [0, 0.1) is 5.41 Å². The van der Waals surface area contributed by atoms with Crippen molar-refractivity contribution in [3.8, 4) is 0 Å². The Labute approximate surface area is 138 Å². The molecule has 0 spiro atoms. The number of benzene rings is 1. The predicted octanol–water partition coefficient (Wildman–Crippen LogP) is 2.43. The van der Waals surface area contributed by atoms with Crippen molar-refractivity contribution in [2.75, 3.05) is 38.2 Å². The van der Waals surface area contributed by atoms with E-state index in [0.29, 0.717) is 6.42 Å². The number of aliphatic hydroxyl groups excluding tert-OH is 1. The van der Waals surface area contributed by atoms with Gasteiger partial charge in [-0.3, -0.25) is 9.69 Å². The molecule has 1 heterocycles. The molecule has 0 radical (unpaired) electrons. The first-order valence-corrected chi connectivity index (χ1v) is 8.26. The van der Waals surface area contributed by atoms with Crippen molar-refractivity contribution in [2.24, 2.45) is 5.41 Å². The smallest absolute Gasteiger partial charge is 0.229 e. The van der Waals surface area contributed by atoms with Crippen molar-refractivity contribution in [1.82, 2.24) is 4.90 Å². The summed E-state index contributed by atoms with van der Waals surface area (Å²) in [4.78, 5) is 14.3. The molecule has 23 heavy (non-hydrogen) atoms. The monoisotopic (exact) mass is 320 g/mol. The molecule has 5 heteroatoms. The number of hydrogen-bond acceptors (Lipinski definition) is 4. The van der Waals surface area contributed by atoms with Gasteiger partial charge in [0.2, 0.25) is 5.91 Å². The molecule has 1 aliphatic rings. The molecule has 2 rings (SSSR count). The Morgan fingerprint density at radius 3 is 2.43 bits per heavy atom. The van der Waals surface area contributed by atoms with E-state index in [0.717, 1.165) is 44.1 Å². The molecular weight excluding hydrogens is 292 g/mol. The summed E-state index contributed by atoms with van der Waals surface area (Å²) < 4.78 is 5.32. The topological polar surface area (TPSA) is 61.8 Å². The molecule has 1 aliphatic heterocycles. The summed E-state index contributed by atoms with van der Waals surface area (Å²) >= 11 is 0. The summed E-state index contributed by atoms with van der Waals surface area (Å²) in [6.07, 6.45) is 0.221. The lowest BCUT2D eigenvalue weighted by Gasteiger charge is -2.27. The van der Waals surface area contributed by atoms with E-state index < -0.39 is 11.5 Å². The molecule has 0 aromatic heterocycles. The van der Waals surface area contributed by atoms with Gasteiger partial charge in [0.25, 0.3) is 0 Å². The zero-order valence-electron chi connectivity index (χ0n) is 14.3. The van der Waals surface area contributed by atoms with E-state index in [1.807, 2.05) is 45.0 Å². The Balaban J connectivity index is 1.84. The SMILES string of the molecule is CC(C)(C)C(=O)Nc1ccc(C(O)CCN2CCOCC2)cc1. The summed E-state index contributed by atoms with van der Waals surface area (Å²) in [5.74, 6) is -0.0156.